The third kappa shape index (κ3) is 3.94. The first-order chi connectivity index (χ1) is 8.79. The van der Waals surface area contributed by atoms with E-state index in [0.717, 1.165) is 18.2 Å². The maximum absolute atomic E-state index is 4.63. The molecule has 0 spiro atoms. The Morgan fingerprint density at radius 1 is 1.39 bits per heavy atom. The van der Waals surface area contributed by atoms with Crippen LogP contribution in [-0.4, -0.2) is 27.6 Å². The normalized spacial score (nSPS) is 17.0. The Balaban J connectivity index is 1.93. The Hall–Kier alpha value is -0.640. The van der Waals surface area contributed by atoms with E-state index < -0.39 is 0 Å². The van der Waals surface area contributed by atoms with Gasteiger partial charge in [-0.2, -0.15) is 11.8 Å². The number of hydrogen-bond donors (Lipinski definition) is 1. The van der Waals surface area contributed by atoms with Gasteiger partial charge in [-0.25, -0.2) is 4.98 Å². The van der Waals surface area contributed by atoms with Crippen LogP contribution in [0, 0.1) is 6.92 Å². The van der Waals surface area contributed by atoms with Crippen LogP contribution in [0.2, 0.25) is 0 Å². The second-order valence-corrected chi connectivity index (χ2v) is 6.21. The Morgan fingerprint density at radius 3 is 2.89 bits per heavy atom. The lowest BCUT2D eigenvalue weighted by Gasteiger charge is -2.23. The molecule has 1 N–H and O–H groups in total. The van der Waals surface area contributed by atoms with Crippen molar-refractivity contribution >= 4 is 17.7 Å². The highest BCUT2D eigenvalue weighted by Crippen LogP contribution is 2.21. The van der Waals surface area contributed by atoms with Crippen molar-refractivity contribution in [1.82, 2.24) is 9.55 Å². The van der Waals surface area contributed by atoms with Gasteiger partial charge in [0, 0.05) is 18.8 Å². The van der Waals surface area contributed by atoms with Crippen molar-refractivity contribution in [1.29, 1.82) is 0 Å². The summed E-state index contributed by atoms with van der Waals surface area (Å²) in [6, 6.07) is 0.639. The van der Waals surface area contributed by atoms with Gasteiger partial charge in [0.15, 0.2) is 0 Å². The molecule has 0 atom stereocenters. The van der Waals surface area contributed by atoms with Gasteiger partial charge in [-0.05, 0) is 38.2 Å². The quantitative estimate of drug-likeness (QED) is 0.797. The lowest BCUT2D eigenvalue weighted by atomic mass is 9.96. The molecule has 0 amide bonds. The molecule has 0 bridgehead atoms. The van der Waals surface area contributed by atoms with E-state index in [0.29, 0.717) is 6.04 Å². The minimum absolute atomic E-state index is 0.639. The Labute approximate surface area is 115 Å². The van der Waals surface area contributed by atoms with Gasteiger partial charge in [-0.1, -0.05) is 19.3 Å². The van der Waals surface area contributed by atoms with Crippen LogP contribution >= 0.6 is 11.8 Å². The Kier molecular flexibility index (Phi) is 5.42. The van der Waals surface area contributed by atoms with Gasteiger partial charge in [0.05, 0.1) is 5.69 Å². The summed E-state index contributed by atoms with van der Waals surface area (Å²) in [5, 5.41) is 3.64. The van der Waals surface area contributed by atoms with E-state index in [2.05, 4.69) is 34.2 Å². The third-order valence-electron chi connectivity index (χ3n) is 3.58. The third-order valence-corrected chi connectivity index (χ3v) is 4.28. The Bertz CT molecular complexity index is 356. The van der Waals surface area contributed by atoms with Crippen molar-refractivity contribution in [3.63, 3.8) is 0 Å². The average molecular weight is 267 g/mol. The number of hydrogen-bond acceptors (Lipinski definition) is 3. The SMILES string of the molecule is CSCCCn1cc(C)nc1NC1CCCCC1. The van der Waals surface area contributed by atoms with Crippen molar-refractivity contribution in [2.45, 2.75) is 58.0 Å². The first-order valence-corrected chi connectivity index (χ1v) is 8.48. The van der Waals surface area contributed by atoms with E-state index in [1.807, 2.05) is 11.8 Å². The standard InChI is InChI=1S/C14H25N3S/c1-12-11-17(9-6-10-18-2)14(15-12)16-13-7-4-3-5-8-13/h11,13H,3-10H2,1-2H3,(H,15,16). The molecule has 1 aromatic rings. The van der Waals surface area contributed by atoms with Crippen LogP contribution in [0.4, 0.5) is 5.95 Å². The van der Waals surface area contributed by atoms with Crippen molar-refractivity contribution in [3.05, 3.63) is 11.9 Å². The summed E-state index contributed by atoms with van der Waals surface area (Å²) in [5.41, 5.74) is 1.12. The summed E-state index contributed by atoms with van der Waals surface area (Å²) in [6.07, 6.45) is 12.3. The fraction of sp³-hybridized carbons (Fsp3) is 0.786. The molecule has 18 heavy (non-hydrogen) atoms. The maximum atomic E-state index is 4.63. The molecule has 2 rings (SSSR count). The first-order valence-electron chi connectivity index (χ1n) is 7.09. The number of imidazole rings is 1. The number of anilines is 1. The van der Waals surface area contributed by atoms with Gasteiger partial charge in [-0.3, -0.25) is 0 Å². The van der Waals surface area contributed by atoms with Gasteiger partial charge in [-0.15, -0.1) is 0 Å². The zero-order valence-corrected chi connectivity index (χ0v) is 12.4. The molecule has 0 aliphatic heterocycles. The number of aromatic nitrogens is 2. The van der Waals surface area contributed by atoms with Crippen LogP contribution in [0.3, 0.4) is 0 Å². The van der Waals surface area contributed by atoms with E-state index in [1.165, 1.54) is 44.3 Å². The van der Waals surface area contributed by atoms with E-state index in [1.54, 1.807) is 0 Å². The highest BCUT2D eigenvalue weighted by molar-refractivity contribution is 7.98. The van der Waals surface area contributed by atoms with Crippen LogP contribution in [0.1, 0.15) is 44.2 Å². The summed E-state index contributed by atoms with van der Waals surface area (Å²) in [5.74, 6) is 2.31. The number of aryl methyl sites for hydroxylation is 2. The van der Waals surface area contributed by atoms with Crippen molar-refractivity contribution in [3.8, 4) is 0 Å². The van der Waals surface area contributed by atoms with Crippen LogP contribution in [0.15, 0.2) is 6.20 Å². The fourth-order valence-electron chi connectivity index (χ4n) is 2.64. The number of nitrogens with zero attached hydrogens (tertiary/aromatic N) is 2. The number of rotatable bonds is 6. The molecule has 0 saturated heterocycles. The highest BCUT2D eigenvalue weighted by Gasteiger charge is 2.15. The Morgan fingerprint density at radius 2 is 2.17 bits per heavy atom. The van der Waals surface area contributed by atoms with E-state index in [4.69, 9.17) is 0 Å². The van der Waals surface area contributed by atoms with Gasteiger partial charge in [0.1, 0.15) is 0 Å². The molecule has 0 radical (unpaired) electrons. The maximum Gasteiger partial charge on any atom is 0.203 e. The number of thioether (sulfide) groups is 1. The second-order valence-electron chi connectivity index (χ2n) is 5.22. The lowest BCUT2D eigenvalue weighted by Crippen LogP contribution is -2.24. The minimum Gasteiger partial charge on any atom is -0.353 e. The summed E-state index contributed by atoms with van der Waals surface area (Å²) < 4.78 is 2.29. The molecule has 102 valence electrons. The molecule has 1 aliphatic rings. The highest BCUT2D eigenvalue weighted by atomic mass is 32.2. The van der Waals surface area contributed by atoms with Crippen LogP contribution in [0.5, 0.6) is 0 Å². The van der Waals surface area contributed by atoms with Gasteiger partial charge in [0.25, 0.3) is 0 Å². The smallest absolute Gasteiger partial charge is 0.203 e. The topological polar surface area (TPSA) is 29.9 Å². The van der Waals surface area contributed by atoms with Gasteiger partial charge in [0.2, 0.25) is 5.95 Å². The molecule has 1 aromatic heterocycles. The molecular formula is C14H25N3S. The monoisotopic (exact) mass is 267 g/mol. The van der Waals surface area contributed by atoms with E-state index in [-0.39, 0.29) is 0 Å². The summed E-state index contributed by atoms with van der Waals surface area (Å²) in [7, 11) is 0. The molecule has 1 heterocycles. The molecule has 1 fully saturated rings. The largest absolute Gasteiger partial charge is 0.353 e. The summed E-state index contributed by atoms with van der Waals surface area (Å²) >= 11 is 1.92. The van der Waals surface area contributed by atoms with E-state index in [9.17, 15) is 0 Å². The molecule has 0 unspecified atom stereocenters. The average Bonchev–Trinajstić information content (AvgIpc) is 2.71. The van der Waals surface area contributed by atoms with Crippen molar-refractivity contribution in [2.24, 2.45) is 0 Å². The van der Waals surface area contributed by atoms with Gasteiger partial charge < -0.3 is 9.88 Å². The molecule has 0 aromatic carbocycles. The molecule has 1 aliphatic carbocycles. The summed E-state index contributed by atoms with van der Waals surface area (Å²) in [6.45, 7) is 3.16. The fourth-order valence-corrected chi connectivity index (χ4v) is 3.06. The molecular weight excluding hydrogens is 242 g/mol. The zero-order chi connectivity index (χ0) is 12.8. The predicted molar refractivity (Wildman–Crippen MR) is 80.5 cm³/mol. The van der Waals surface area contributed by atoms with Crippen LogP contribution < -0.4 is 5.32 Å². The van der Waals surface area contributed by atoms with Gasteiger partial charge >= 0.3 is 0 Å². The number of nitrogens with one attached hydrogen (secondary N) is 1. The van der Waals surface area contributed by atoms with Crippen molar-refractivity contribution < 1.29 is 0 Å². The molecule has 1 saturated carbocycles. The van der Waals surface area contributed by atoms with Crippen LogP contribution in [0.25, 0.3) is 0 Å². The zero-order valence-electron chi connectivity index (χ0n) is 11.6. The molecule has 4 heteroatoms. The van der Waals surface area contributed by atoms with Crippen LogP contribution in [-0.2, 0) is 6.54 Å². The lowest BCUT2D eigenvalue weighted by molar-refractivity contribution is 0.458. The predicted octanol–water partition coefficient (Wildman–Crippen LogP) is 3.69. The van der Waals surface area contributed by atoms with Crippen molar-refractivity contribution in [2.75, 3.05) is 17.3 Å². The molecule has 3 nitrogen and oxygen atoms in total. The first kappa shape index (κ1) is 13.8. The second kappa shape index (κ2) is 7.07. The minimum atomic E-state index is 0.639. The summed E-state index contributed by atoms with van der Waals surface area (Å²) in [4.78, 5) is 4.63. The van der Waals surface area contributed by atoms with E-state index >= 15 is 0 Å².